The first kappa shape index (κ1) is 14.1. The molecule has 0 saturated carbocycles. The van der Waals surface area contributed by atoms with E-state index in [2.05, 4.69) is 65.2 Å². The molecule has 2 aromatic heterocycles. The summed E-state index contributed by atoms with van der Waals surface area (Å²) in [6.45, 7) is 0. The Morgan fingerprint density at radius 3 is 2.32 bits per heavy atom. The van der Waals surface area contributed by atoms with E-state index in [4.69, 9.17) is 9.84 Å². The van der Waals surface area contributed by atoms with Crippen LogP contribution in [0.2, 0.25) is 0 Å². The normalized spacial score (nSPS) is 11.4. The minimum absolute atomic E-state index is 0.853. The maximum atomic E-state index is 5.29. The summed E-state index contributed by atoms with van der Waals surface area (Å²) in [5.41, 5.74) is 4.35. The molecule has 3 nitrogen and oxygen atoms in total. The van der Waals surface area contributed by atoms with Crippen LogP contribution < -0.4 is 4.74 Å². The molecule has 5 aromatic rings. The van der Waals surface area contributed by atoms with Gasteiger partial charge in [0.05, 0.1) is 23.8 Å². The van der Waals surface area contributed by atoms with E-state index in [0.717, 1.165) is 28.0 Å². The third kappa shape index (κ3) is 2.09. The number of methoxy groups -OCH3 is 1. The van der Waals surface area contributed by atoms with Gasteiger partial charge in [-0.3, -0.25) is 0 Å². The van der Waals surface area contributed by atoms with Gasteiger partial charge in [0.25, 0.3) is 0 Å². The van der Waals surface area contributed by atoms with E-state index < -0.39 is 0 Å². The SMILES string of the molecule is COc1ccc(-c2cc3ccccc3c3c4ccccc4nn23)cc1. The van der Waals surface area contributed by atoms with Crippen LogP contribution in [0, 0.1) is 0 Å². The van der Waals surface area contributed by atoms with Crippen LogP contribution >= 0.6 is 0 Å². The van der Waals surface area contributed by atoms with Crippen LogP contribution in [-0.2, 0) is 0 Å². The number of hydrogen-bond acceptors (Lipinski definition) is 2. The third-order valence-corrected chi connectivity index (χ3v) is 4.70. The molecule has 0 spiro atoms. The standard InChI is InChI=1S/C22H16N2O/c1-25-17-12-10-15(11-13-17)21-14-16-6-2-3-7-18(16)22-19-8-4-5-9-20(19)23-24(21)22/h2-14H,1H3. The predicted molar refractivity (Wildman–Crippen MR) is 102 cm³/mol. The summed E-state index contributed by atoms with van der Waals surface area (Å²) in [6, 6.07) is 27.1. The van der Waals surface area contributed by atoms with Crippen LogP contribution in [0.5, 0.6) is 5.75 Å². The van der Waals surface area contributed by atoms with Crippen molar-refractivity contribution in [2.45, 2.75) is 0 Å². The number of aromatic nitrogens is 2. The molecule has 0 N–H and O–H groups in total. The lowest BCUT2D eigenvalue weighted by atomic mass is 10.0. The van der Waals surface area contributed by atoms with E-state index in [9.17, 15) is 0 Å². The number of hydrogen-bond donors (Lipinski definition) is 0. The number of benzene rings is 3. The minimum Gasteiger partial charge on any atom is -0.497 e. The Hall–Kier alpha value is -3.33. The number of ether oxygens (including phenoxy) is 1. The Morgan fingerprint density at radius 1 is 0.800 bits per heavy atom. The van der Waals surface area contributed by atoms with Gasteiger partial charge < -0.3 is 4.74 Å². The van der Waals surface area contributed by atoms with Gasteiger partial charge in [0.2, 0.25) is 0 Å². The molecule has 0 aliphatic rings. The van der Waals surface area contributed by atoms with Gasteiger partial charge >= 0.3 is 0 Å². The van der Waals surface area contributed by atoms with Crippen molar-refractivity contribution in [3.63, 3.8) is 0 Å². The van der Waals surface area contributed by atoms with Crippen molar-refractivity contribution in [1.29, 1.82) is 0 Å². The smallest absolute Gasteiger partial charge is 0.118 e. The Labute approximate surface area is 145 Å². The molecule has 3 aromatic carbocycles. The fourth-order valence-corrected chi connectivity index (χ4v) is 3.48. The summed E-state index contributed by atoms with van der Waals surface area (Å²) in [5.74, 6) is 0.853. The van der Waals surface area contributed by atoms with Gasteiger partial charge in [-0.05, 0) is 41.8 Å². The van der Waals surface area contributed by atoms with Gasteiger partial charge in [0.15, 0.2) is 0 Å². The molecule has 0 bridgehead atoms. The molecule has 0 radical (unpaired) electrons. The highest BCUT2D eigenvalue weighted by molar-refractivity contribution is 6.10. The van der Waals surface area contributed by atoms with Crippen LogP contribution in [-0.4, -0.2) is 16.7 Å². The van der Waals surface area contributed by atoms with E-state index in [1.807, 2.05) is 18.2 Å². The lowest BCUT2D eigenvalue weighted by Crippen LogP contribution is -1.95. The quantitative estimate of drug-likeness (QED) is 0.439. The molecule has 0 atom stereocenters. The summed E-state index contributed by atoms with van der Waals surface area (Å²) >= 11 is 0. The molecule has 0 aliphatic heterocycles. The summed E-state index contributed by atoms with van der Waals surface area (Å²) in [6.07, 6.45) is 0. The molecule has 0 unspecified atom stereocenters. The summed E-state index contributed by atoms with van der Waals surface area (Å²) in [7, 11) is 1.68. The van der Waals surface area contributed by atoms with Crippen LogP contribution in [0.15, 0.2) is 78.9 Å². The Balaban J connectivity index is 1.94. The highest BCUT2D eigenvalue weighted by Crippen LogP contribution is 2.33. The molecule has 2 heterocycles. The van der Waals surface area contributed by atoms with Crippen molar-refractivity contribution in [3.05, 3.63) is 78.9 Å². The van der Waals surface area contributed by atoms with E-state index in [-0.39, 0.29) is 0 Å². The van der Waals surface area contributed by atoms with Gasteiger partial charge in [-0.2, -0.15) is 5.10 Å². The first-order valence-corrected chi connectivity index (χ1v) is 8.29. The molecule has 3 heteroatoms. The second-order valence-corrected chi connectivity index (χ2v) is 6.12. The van der Waals surface area contributed by atoms with Crippen molar-refractivity contribution in [2.24, 2.45) is 0 Å². The summed E-state index contributed by atoms with van der Waals surface area (Å²) < 4.78 is 7.35. The van der Waals surface area contributed by atoms with Gasteiger partial charge in [-0.1, -0.05) is 42.5 Å². The minimum atomic E-state index is 0.853. The zero-order valence-electron chi connectivity index (χ0n) is 13.8. The van der Waals surface area contributed by atoms with Crippen molar-refractivity contribution < 1.29 is 4.74 Å². The van der Waals surface area contributed by atoms with E-state index in [1.165, 1.54) is 16.2 Å². The first-order chi connectivity index (χ1) is 12.3. The number of pyridine rings is 1. The predicted octanol–water partition coefficient (Wildman–Crippen LogP) is 5.32. The first-order valence-electron chi connectivity index (χ1n) is 8.29. The van der Waals surface area contributed by atoms with E-state index in [1.54, 1.807) is 7.11 Å². The fourth-order valence-electron chi connectivity index (χ4n) is 3.48. The second-order valence-electron chi connectivity index (χ2n) is 6.12. The Morgan fingerprint density at radius 2 is 1.52 bits per heavy atom. The zero-order chi connectivity index (χ0) is 16.8. The fraction of sp³-hybridized carbons (Fsp3) is 0.0455. The van der Waals surface area contributed by atoms with Crippen LogP contribution in [0.4, 0.5) is 0 Å². The Bertz CT molecular complexity index is 1220. The summed E-state index contributed by atoms with van der Waals surface area (Å²) in [4.78, 5) is 0. The van der Waals surface area contributed by atoms with Crippen LogP contribution in [0.3, 0.4) is 0 Å². The molecule has 5 rings (SSSR count). The summed E-state index contributed by atoms with van der Waals surface area (Å²) in [5, 5.41) is 8.48. The van der Waals surface area contributed by atoms with Crippen molar-refractivity contribution in [2.75, 3.05) is 7.11 Å². The van der Waals surface area contributed by atoms with Gasteiger partial charge in [-0.15, -0.1) is 0 Å². The third-order valence-electron chi connectivity index (χ3n) is 4.70. The van der Waals surface area contributed by atoms with E-state index >= 15 is 0 Å². The van der Waals surface area contributed by atoms with Crippen molar-refractivity contribution in [3.8, 4) is 17.0 Å². The zero-order valence-corrected chi connectivity index (χ0v) is 13.8. The lowest BCUT2D eigenvalue weighted by molar-refractivity contribution is 0.415. The Kier molecular flexibility index (Phi) is 3.01. The molecule has 0 saturated heterocycles. The second kappa shape index (κ2) is 5.35. The molecule has 25 heavy (non-hydrogen) atoms. The topological polar surface area (TPSA) is 26.5 Å². The number of rotatable bonds is 2. The maximum Gasteiger partial charge on any atom is 0.118 e. The molecule has 0 amide bonds. The molecular formula is C22H16N2O. The molecule has 0 fully saturated rings. The largest absolute Gasteiger partial charge is 0.497 e. The lowest BCUT2D eigenvalue weighted by Gasteiger charge is -2.09. The number of fused-ring (bicyclic) bond motifs is 5. The van der Waals surface area contributed by atoms with Crippen LogP contribution in [0.25, 0.3) is 38.4 Å². The van der Waals surface area contributed by atoms with Crippen LogP contribution in [0.1, 0.15) is 0 Å². The van der Waals surface area contributed by atoms with Gasteiger partial charge in [-0.25, -0.2) is 4.52 Å². The molecule has 120 valence electrons. The maximum absolute atomic E-state index is 5.29. The molecular weight excluding hydrogens is 308 g/mol. The van der Waals surface area contributed by atoms with Gasteiger partial charge in [0, 0.05) is 16.3 Å². The van der Waals surface area contributed by atoms with Gasteiger partial charge in [0.1, 0.15) is 5.75 Å². The van der Waals surface area contributed by atoms with E-state index in [0.29, 0.717) is 0 Å². The average molecular weight is 324 g/mol. The highest BCUT2D eigenvalue weighted by Gasteiger charge is 2.13. The average Bonchev–Trinajstić information content (AvgIpc) is 3.07. The van der Waals surface area contributed by atoms with Crippen molar-refractivity contribution in [1.82, 2.24) is 9.61 Å². The number of nitrogens with zero attached hydrogens (tertiary/aromatic N) is 2. The van der Waals surface area contributed by atoms with Crippen molar-refractivity contribution >= 4 is 27.2 Å². The monoisotopic (exact) mass is 324 g/mol. The highest BCUT2D eigenvalue weighted by atomic mass is 16.5. The molecule has 0 aliphatic carbocycles.